The number of ether oxygens (including phenoxy) is 1. The van der Waals surface area contributed by atoms with Gasteiger partial charge in [-0.1, -0.05) is 140 Å². The average molecular weight is 626 g/mol. The molecule has 2 nitrogen and oxygen atoms in total. The smallest absolute Gasteiger partial charge is 0.132 e. The summed E-state index contributed by atoms with van der Waals surface area (Å²) in [6.45, 7) is 0. The second-order valence-corrected chi connectivity index (χ2v) is 12.9. The van der Waals surface area contributed by atoms with Crippen molar-refractivity contribution in [1.29, 1.82) is 0 Å². The van der Waals surface area contributed by atoms with Gasteiger partial charge in [-0.3, -0.25) is 0 Å². The van der Waals surface area contributed by atoms with E-state index in [-0.39, 0.29) is 0 Å². The van der Waals surface area contributed by atoms with Crippen LogP contribution in [-0.2, 0) is 5.41 Å². The van der Waals surface area contributed by atoms with Gasteiger partial charge in [-0.25, -0.2) is 0 Å². The Bertz CT molecular complexity index is 2630. The van der Waals surface area contributed by atoms with Crippen molar-refractivity contribution >= 4 is 32.6 Å². The quantitative estimate of drug-likeness (QED) is 0.190. The molecule has 0 saturated heterocycles. The molecule has 0 aliphatic carbocycles. The number of hydrogen-bond donors (Lipinski definition) is 0. The van der Waals surface area contributed by atoms with E-state index in [1.807, 2.05) is 0 Å². The van der Waals surface area contributed by atoms with Crippen LogP contribution in [0.2, 0.25) is 0 Å². The number of hydrogen-bond acceptors (Lipinski definition) is 1. The fraction of sp³-hybridized carbons (Fsp3) is 0.0213. The van der Waals surface area contributed by atoms with E-state index in [4.69, 9.17) is 4.74 Å². The summed E-state index contributed by atoms with van der Waals surface area (Å²) in [5.74, 6) is 1.76. The van der Waals surface area contributed by atoms with Gasteiger partial charge in [0, 0.05) is 27.6 Å². The first kappa shape index (κ1) is 27.7. The Morgan fingerprint density at radius 3 is 1.78 bits per heavy atom. The van der Waals surface area contributed by atoms with Crippen molar-refractivity contribution in [2.24, 2.45) is 0 Å². The summed E-state index contributed by atoms with van der Waals surface area (Å²) in [7, 11) is 0. The Morgan fingerprint density at radius 2 is 1.00 bits per heavy atom. The topological polar surface area (TPSA) is 14.2 Å². The second-order valence-electron chi connectivity index (χ2n) is 12.9. The first-order chi connectivity index (χ1) is 24.3. The van der Waals surface area contributed by atoms with Crippen LogP contribution in [0.15, 0.2) is 188 Å². The summed E-state index contributed by atoms with van der Waals surface area (Å²) in [5, 5.41) is 5.02. The van der Waals surface area contributed by atoms with E-state index in [1.54, 1.807) is 0 Å². The van der Waals surface area contributed by atoms with Crippen LogP contribution in [-0.4, -0.2) is 4.57 Å². The molecule has 0 bridgehead atoms. The van der Waals surface area contributed by atoms with Gasteiger partial charge in [0.15, 0.2) is 0 Å². The minimum atomic E-state index is -0.563. The average Bonchev–Trinajstić information content (AvgIpc) is 3.52. The maximum atomic E-state index is 6.69. The van der Waals surface area contributed by atoms with Crippen molar-refractivity contribution in [3.8, 4) is 28.3 Å². The number of fused-ring (bicyclic) bond motifs is 7. The highest BCUT2D eigenvalue weighted by Crippen LogP contribution is 2.56. The molecule has 0 radical (unpaired) electrons. The Morgan fingerprint density at radius 1 is 0.408 bits per heavy atom. The molecule has 49 heavy (non-hydrogen) atoms. The monoisotopic (exact) mass is 625 g/mol. The van der Waals surface area contributed by atoms with Crippen molar-refractivity contribution in [2.45, 2.75) is 5.41 Å². The summed E-state index contributed by atoms with van der Waals surface area (Å²) in [6, 6.07) is 67.9. The molecule has 0 fully saturated rings. The molecule has 2 heterocycles. The van der Waals surface area contributed by atoms with Crippen molar-refractivity contribution in [3.63, 3.8) is 0 Å². The van der Waals surface area contributed by atoms with Crippen LogP contribution in [0.3, 0.4) is 0 Å². The third-order valence-corrected chi connectivity index (χ3v) is 10.3. The first-order valence-electron chi connectivity index (χ1n) is 16.9. The lowest BCUT2D eigenvalue weighted by molar-refractivity contribution is 0.434. The van der Waals surface area contributed by atoms with Crippen molar-refractivity contribution in [3.05, 3.63) is 210 Å². The van der Waals surface area contributed by atoms with E-state index in [0.717, 1.165) is 33.9 Å². The Labute approximate surface area is 285 Å². The number of para-hydroxylation sites is 2. The molecule has 0 atom stereocenters. The third-order valence-electron chi connectivity index (χ3n) is 10.3. The van der Waals surface area contributed by atoms with E-state index in [2.05, 4.69) is 193 Å². The zero-order chi connectivity index (χ0) is 32.4. The molecule has 0 N–H and O–H groups in total. The lowest BCUT2D eigenvalue weighted by Crippen LogP contribution is -2.34. The van der Waals surface area contributed by atoms with Gasteiger partial charge < -0.3 is 9.30 Å². The van der Waals surface area contributed by atoms with Gasteiger partial charge in [0.25, 0.3) is 0 Å². The molecular formula is C47H31NO. The highest BCUT2D eigenvalue weighted by Gasteiger charge is 2.45. The summed E-state index contributed by atoms with van der Waals surface area (Å²) in [4.78, 5) is 0. The standard InChI is InChI=1S/C47H31NO/c1-4-15-35(16-5-1)47(36-17-6-2-7-18-36)40-22-12-13-23-44(40)49-45-29-26-34(31-41(45)47)33-25-27-42-39(30-33)46-38-21-11-10-14-32(38)24-28-43(46)48(42)37-19-8-3-9-20-37/h1-31H. The molecule has 9 aromatic rings. The molecule has 0 saturated carbocycles. The Hall–Kier alpha value is -6.38. The van der Waals surface area contributed by atoms with E-state index in [1.165, 1.54) is 49.3 Å². The third kappa shape index (κ3) is 4.07. The molecule has 1 aromatic heterocycles. The molecule has 1 aliphatic rings. The van der Waals surface area contributed by atoms with Crippen LogP contribution in [0.5, 0.6) is 11.5 Å². The van der Waals surface area contributed by atoms with Gasteiger partial charge in [0.05, 0.1) is 16.4 Å². The van der Waals surface area contributed by atoms with E-state index >= 15 is 0 Å². The molecule has 0 spiro atoms. The van der Waals surface area contributed by atoms with Gasteiger partial charge in [-0.2, -0.15) is 0 Å². The van der Waals surface area contributed by atoms with Gasteiger partial charge in [-0.05, 0) is 81.6 Å². The van der Waals surface area contributed by atoms with Gasteiger partial charge in [0.1, 0.15) is 11.5 Å². The largest absolute Gasteiger partial charge is 0.457 e. The van der Waals surface area contributed by atoms with Crippen LogP contribution in [0.1, 0.15) is 22.3 Å². The Balaban J connectivity index is 1.26. The van der Waals surface area contributed by atoms with E-state index < -0.39 is 5.41 Å². The van der Waals surface area contributed by atoms with Crippen LogP contribution >= 0.6 is 0 Å². The number of rotatable bonds is 4. The van der Waals surface area contributed by atoms with Gasteiger partial charge >= 0.3 is 0 Å². The summed E-state index contributed by atoms with van der Waals surface area (Å²) < 4.78 is 9.09. The first-order valence-corrected chi connectivity index (χ1v) is 16.9. The predicted octanol–water partition coefficient (Wildman–Crippen LogP) is 12.1. The fourth-order valence-corrected chi connectivity index (χ4v) is 8.21. The van der Waals surface area contributed by atoms with Gasteiger partial charge in [-0.15, -0.1) is 0 Å². The normalized spacial score (nSPS) is 13.2. The van der Waals surface area contributed by atoms with Crippen LogP contribution < -0.4 is 4.74 Å². The number of benzene rings is 8. The van der Waals surface area contributed by atoms with E-state index in [9.17, 15) is 0 Å². The summed E-state index contributed by atoms with van der Waals surface area (Å²) in [6.07, 6.45) is 0. The molecule has 0 amide bonds. The molecule has 10 rings (SSSR count). The van der Waals surface area contributed by atoms with Crippen LogP contribution in [0.4, 0.5) is 0 Å². The minimum absolute atomic E-state index is 0.563. The molecule has 2 heteroatoms. The zero-order valence-electron chi connectivity index (χ0n) is 26.8. The second kappa shape index (κ2) is 10.8. The minimum Gasteiger partial charge on any atom is -0.457 e. The lowest BCUT2D eigenvalue weighted by Gasteiger charge is -2.41. The maximum absolute atomic E-state index is 6.69. The number of nitrogens with zero attached hydrogens (tertiary/aromatic N) is 1. The lowest BCUT2D eigenvalue weighted by atomic mass is 9.63. The Kier molecular flexibility index (Phi) is 6.13. The molecule has 1 aliphatic heterocycles. The SMILES string of the molecule is c1ccc(-n2c3ccc(-c4ccc5c(c4)C(c4ccccc4)(c4ccccc4)c4ccccc4O5)cc3c3c4ccccc4ccc32)cc1. The van der Waals surface area contributed by atoms with Crippen molar-refractivity contribution in [1.82, 2.24) is 4.57 Å². The highest BCUT2D eigenvalue weighted by molar-refractivity contribution is 6.21. The maximum Gasteiger partial charge on any atom is 0.132 e. The zero-order valence-corrected chi connectivity index (χ0v) is 26.8. The van der Waals surface area contributed by atoms with Crippen molar-refractivity contribution in [2.75, 3.05) is 0 Å². The highest BCUT2D eigenvalue weighted by atomic mass is 16.5. The predicted molar refractivity (Wildman–Crippen MR) is 202 cm³/mol. The van der Waals surface area contributed by atoms with Crippen LogP contribution in [0.25, 0.3) is 49.4 Å². The summed E-state index contributed by atoms with van der Waals surface area (Å²) in [5.41, 5.74) is 10.0. The number of aromatic nitrogens is 1. The molecule has 230 valence electrons. The molecular weight excluding hydrogens is 595 g/mol. The van der Waals surface area contributed by atoms with Gasteiger partial charge in [0.2, 0.25) is 0 Å². The van der Waals surface area contributed by atoms with E-state index in [0.29, 0.717) is 0 Å². The fourth-order valence-electron chi connectivity index (χ4n) is 8.21. The molecule has 0 unspecified atom stereocenters. The van der Waals surface area contributed by atoms with Crippen molar-refractivity contribution < 1.29 is 4.74 Å². The van der Waals surface area contributed by atoms with Crippen LogP contribution in [0, 0.1) is 0 Å². The molecule has 8 aromatic carbocycles. The summed E-state index contributed by atoms with van der Waals surface area (Å²) >= 11 is 0.